The fraction of sp³-hybridized carbons (Fsp3) is 0.125. The molecule has 31 heavy (non-hydrogen) atoms. The van der Waals surface area contributed by atoms with Crippen LogP contribution in [-0.4, -0.2) is 34.5 Å². The van der Waals surface area contributed by atoms with Crippen molar-refractivity contribution < 1.29 is 28.0 Å². The molecule has 1 aromatic carbocycles. The van der Waals surface area contributed by atoms with Crippen LogP contribution < -0.4 is 32.3 Å². The Morgan fingerprint density at radius 2 is 1.97 bits per heavy atom. The Balaban J connectivity index is 2.32. The molecule has 2 aromatic rings. The van der Waals surface area contributed by atoms with Gasteiger partial charge in [-0.3, -0.25) is 5.32 Å². The van der Waals surface area contributed by atoms with Crippen LogP contribution >= 0.6 is 0 Å². The van der Waals surface area contributed by atoms with Gasteiger partial charge in [0, 0.05) is 11.1 Å². The Morgan fingerprint density at radius 3 is 2.55 bits per heavy atom. The lowest BCUT2D eigenvalue weighted by Gasteiger charge is -2.27. The number of aromatic nitrogens is 1. The zero-order chi connectivity index (χ0) is 22.9. The van der Waals surface area contributed by atoms with Crippen LogP contribution in [0.5, 0.6) is 5.75 Å². The number of nitrogens with zero attached hydrogens (tertiary/aromatic N) is 4. The quantitative estimate of drug-likeness (QED) is 0.211. The molecule has 0 radical (unpaired) electrons. The molecule has 0 aliphatic carbocycles. The molecule has 1 unspecified atom stereocenters. The Hall–Kier alpha value is -4.21. The average molecular weight is 432 g/mol. The Kier molecular flexibility index (Phi) is 5.48. The Bertz CT molecular complexity index is 1160. The van der Waals surface area contributed by atoms with E-state index in [1.807, 2.05) is 0 Å². The summed E-state index contributed by atoms with van der Waals surface area (Å²) in [5, 5.41) is 42.0. The number of nitrogen functional groups attached to an aromatic ring is 2. The van der Waals surface area contributed by atoms with Gasteiger partial charge in [0.05, 0.1) is 5.69 Å². The molecule has 0 amide bonds. The zero-order valence-corrected chi connectivity index (χ0v) is 15.3. The lowest BCUT2D eigenvalue weighted by atomic mass is 9.78. The molecular weight excluding hydrogens is 420 g/mol. The smallest absolute Gasteiger partial charge is 0.423 e. The van der Waals surface area contributed by atoms with E-state index in [-0.39, 0.29) is 45.4 Å². The minimum Gasteiger partial charge on any atom is -0.423 e. The molecule has 2 heterocycles. The molecular formula is C16H12BF3N8O3. The second kappa shape index (κ2) is 7.90. The first-order valence-electron chi connectivity index (χ1n) is 8.30. The van der Waals surface area contributed by atoms with E-state index in [1.54, 1.807) is 12.3 Å². The van der Waals surface area contributed by atoms with E-state index in [2.05, 4.69) is 25.3 Å². The second-order valence-corrected chi connectivity index (χ2v) is 6.12. The van der Waals surface area contributed by atoms with Crippen molar-refractivity contribution >= 4 is 35.9 Å². The van der Waals surface area contributed by atoms with E-state index >= 15 is 0 Å². The SMILES string of the molecule is N#CNC1=NC(c2cc(B(O)O)ccc2OC(F)(F)F)c2c(nc(N)c(C#N)c2N)N1. The summed E-state index contributed by atoms with van der Waals surface area (Å²) in [7, 11) is -2.02. The van der Waals surface area contributed by atoms with E-state index in [0.717, 1.165) is 18.2 Å². The molecule has 1 aromatic heterocycles. The lowest BCUT2D eigenvalue weighted by molar-refractivity contribution is -0.274. The van der Waals surface area contributed by atoms with Crippen molar-refractivity contribution in [1.82, 2.24) is 10.3 Å². The number of rotatable bonds is 3. The number of anilines is 3. The standard InChI is InChI=1S/C16H12BF3N8O3/c18-16(19,20)31-9-2-1-6(17(29)30)3-7(9)12-10-11(23)8(4-21)13(24)27-14(10)28-15(26-12)25-5-22/h1-3,12,29-30H,(H6,23,24,25,26,27,28). The highest BCUT2D eigenvalue weighted by Crippen LogP contribution is 2.43. The maximum absolute atomic E-state index is 13.0. The monoisotopic (exact) mass is 432 g/mol. The third-order valence-corrected chi connectivity index (χ3v) is 4.21. The first-order valence-corrected chi connectivity index (χ1v) is 8.30. The number of hydrogen-bond donors (Lipinski definition) is 6. The summed E-state index contributed by atoms with van der Waals surface area (Å²) in [4.78, 5) is 8.12. The van der Waals surface area contributed by atoms with Crippen molar-refractivity contribution in [3.63, 3.8) is 0 Å². The maximum atomic E-state index is 13.0. The molecule has 8 N–H and O–H groups in total. The first-order chi connectivity index (χ1) is 14.6. The van der Waals surface area contributed by atoms with Gasteiger partial charge in [-0.05, 0) is 11.5 Å². The molecule has 1 atom stereocenters. The van der Waals surface area contributed by atoms with Crippen molar-refractivity contribution in [3.8, 4) is 18.0 Å². The third-order valence-electron chi connectivity index (χ3n) is 4.21. The minimum atomic E-state index is -5.08. The summed E-state index contributed by atoms with van der Waals surface area (Å²) in [6, 6.07) is 3.27. The molecule has 0 spiro atoms. The second-order valence-electron chi connectivity index (χ2n) is 6.12. The largest absolute Gasteiger partial charge is 0.573 e. The zero-order valence-electron chi connectivity index (χ0n) is 15.3. The molecule has 0 fully saturated rings. The van der Waals surface area contributed by atoms with Gasteiger partial charge in [-0.2, -0.15) is 10.5 Å². The van der Waals surface area contributed by atoms with Crippen molar-refractivity contribution in [2.45, 2.75) is 12.4 Å². The van der Waals surface area contributed by atoms with Crippen molar-refractivity contribution in [2.75, 3.05) is 16.8 Å². The highest BCUT2D eigenvalue weighted by Gasteiger charge is 2.36. The number of nitrogens with one attached hydrogen (secondary N) is 2. The van der Waals surface area contributed by atoms with Gasteiger partial charge in [-0.1, -0.05) is 12.1 Å². The van der Waals surface area contributed by atoms with Crippen LogP contribution in [0.4, 0.5) is 30.5 Å². The lowest BCUT2D eigenvalue weighted by Crippen LogP contribution is -2.34. The van der Waals surface area contributed by atoms with Crippen LogP contribution in [0.2, 0.25) is 0 Å². The number of nitriles is 2. The van der Waals surface area contributed by atoms with Crippen molar-refractivity contribution in [2.24, 2.45) is 4.99 Å². The third kappa shape index (κ3) is 4.22. The van der Waals surface area contributed by atoms with E-state index < -0.39 is 25.3 Å². The summed E-state index contributed by atoms with van der Waals surface area (Å²) in [6.07, 6.45) is -3.48. The van der Waals surface area contributed by atoms with Gasteiger partial charge in [-0.25, -0.2) is 9.98 Å². The molecule has 1 aliphatic rings. The fourth-order valence-corrected chi connectivity index (χ4v) is 2.96. The number of nitrogens with two attached hydrogens (primary N) is 2. The average Bonchev–Trinajstić information content (AvgIpc) is 2.66. The first kappa shape index (κ1) is 21.5. The highest BCUT2D eigenvalue weighted by atomic mass is 19.4. The normalized spacial score (nSPS) is 14.9. The van der Waals surface area contributed by atoms with Gasteiger partial charge in [0.25, 0.3) is 0 Å². The van der Waals surface area contributed by atoms with Gasteiger partial charge >= 0.3 is 13.5 Å². The number of fused-ring (bicyclic) bond motifs is 1. The summed E-state index contributed by atoms with van der Waals surface area (Å²) in [6.45, 7) is 0. The Labute approximate surface area is 172 Å². The predicted molar refractivity (Wildman–Crippen MR) is 102 cm³/mol. The van der Waals surface area contributed by atoms with Gasteiger partial charge in [0.15, 0.2) is 6.19 Å². The maximum Gasteiger partial charge on any atom is 0.573 e. The van der Waals surface area contributed by atoms with E-state index in [9.17, 15) is 28.5 Å². The van der Waals surface area contributed by atoms with Crippen molar-refractivity contribution in [3.05, 3.63) is 34.9 Å². The van der Waals surface area contributed by atoms with E-state index in [0.29, 0.717) is 0 Å². The van der Waals surface area contributed by atoms with Gasteiger partial charge in [-0.15, -0.1) is 13.2 Å². The molecule has 15 heteroatoms. The number of benzene rings is 1. The molecule has 0 bridgehead atoms. The van der Waals surface area contributed by atoms with Crippen LogP contribution in [0.3, 0.4) is 0 Å². The van der Waals surface area contributed by atoms with E-state index in [4.69, 9.17) is 16.7 Å². The number of hydrogen-bond acceptors (Lipinski definition) is 11. The molecule has 0 saturated heterocycles. The molecule has 11 nitrogen and oxygen atoms in total. The number of halogens is 3. The molecule has 1 aliphatic heterocycles. The summed E-state index contributed by atoms with van der Waals surface area (Å²) < 4.78 is 43.0. The topological polar surface area (TPSA) is 199 Å². The van der Waals surface area contributed by atoms with Gasteiger partial charge < -0.3 is 31.6 Å². The number of guanidine groups is 1. The number of alkyl halides is 3. The highest BCUT2D eigenvalue weighted by molar-refractivity contribution is 6.58. The summed E-state index contributed by atoms with van der Waals surface area (Å²) in [5.41, 5.74) is 10.8. The predicted octanol–water partition coefficient (Wildman–Crippen LogP) is -0.362. The summed E-state index contributed by atoms with van der Waals surface area (Å²) >= 11 is 0. The van der Waals surface area contributed by atoms with Gasteiger partial charge in [0.2, 0.25) is 5.96 Å². The fourth-order valence-electron chi connectivity index (χ4n) is 2.96. The van der Waals surface area contributed by atoms with Gasteiger partial charge in [0.1, 0.15) is 35.1 Å². The number of aliphatic imine (C=N–C) groups is 1. The molecule has 0 saturated carbocycles. The molecule has 158 valence electrons. The number of ether oxygens (including phenoxy) is 1. The van der Waals surface area contributed by atoms with Crippen LogP contribution in [0.1, 0.15) is 22.7 Å². The van der Waals surface area contributed by atoms with Crippen LogP contribution in [0.25, 0.3) is 0 Å². The van der Waals surface area contributed by atoms with Crippen LogP contribution in [0, 0.1) is 22.8 Å². The van der Waals surface area contributed by atoms with Crippen LogP contribution in [0.15, 0.2) is 23.2 Å². The molecule has 3 rings (SSSR count). The number of pyridine rings is 1. The Morgan fingerprint density at radius 1 is 1.26 bits per heavy atom. The summed E-state index contributed by atoms with van der Waals surface area (Å²) in [5.74, 6) is -1.25. The van der Waals surface area contributed by atoms with Crippen molar-refractivity contribution in [1.29, 1.82) is 10.5 Å². The minimum absolute atomic E-state index is 0.0224. The van der Waals surface area contributed by atoms with E-state index in [1.165, 1.54) is 0 Å². The van der Waals surface area contributed by atoms with Crippen LogP contribution in [-0.2, 0) is 0 Å².